The summed E-state index contributed by atoms with van der Waals surface area (Å²) >= 11 is 0. The Morgan fingerprint density at radius 2 is 1.85 bits per heavy atom. The van der Waals surface area contributed by atoms with Gasteiger partial charge < -0.3 is 9.47 Å². The minimum Gasteiger partial charge on any atom is -0.432 e. The molecule has 0 aliphatic carbocycles. The third kappa shape index (κ3) is 6.40. The Bertz CT molecular complexity index is 144. The van der Waals surface area contributed by atoms with E-state index in [2.05, 4.69) is 0 Å². The Balaban J connectivity index is 3.56. The van der Waals surface area contributed by atoms with Crippen molar-refractivity contribution in [3.63, 3.8) is 0 Å². The normalized spacial score (nSPS) is 10.6. The molecule has 0 aromatic rings. The standard InChI is InChI=1S/C9H19NO3/c1-5-10(6-2)7-12-9(11)13-8(3)4/h8H,5-7H2,1-4H3. The van der Waals surface area contributed by atoms with Crippen LogP contribution in [0.1, 0.15) is 27.7 Å². The topological polar surface area (TPSA) is 38.8 Å². The summed E-state index contributed by atoms with van der Waals surface area (Å²) in [4.78, 5) is 12.9. The molecular formula is C9H19NO3. The zero-order chi connectivity index (χ0) is 10.3. The molecule has 0 fully saturated rings. The lowest BCUT2D eigenvalue weighted by atomic mass is 10.5. The van der Waals surface area contributed by atoms with Crippen LogP contribution in [0.4, 0.5) is 4.79 Å². The molecule has 0 aliphatic rings. The van der Waals surface area contributed by atoms with Crippen LogP contribution in [0.15, 0.2) is 0 Å². The molecule has 0 bridgehead atoms. The third-order valence-corrected chi connectivity index (χ3v) is 1.59. The molecule has 0 atom stereocenters. The molecule has 0 saturated carbocycles. The van der Waals surface area contributed by atoms with Gasteiger partial charge in [0.15, 0.2) is 0 Å². The van der Waals surface area contributed by atoms with Crippen LogP contribution < -0.4 is 0 Å². The quantitative estimate of drug-likeness (QED) is 0.488. The van der Waals surface area contributed by atoms with Gasteiger partial charge in [-0.2, -0.15) is 0 Å². The lowest BCUT2D eigenvalue weighted by molar-refractivity contribution is 0.00169. The van der Waals surface area contributed by atoms with Gasteiger partial charge in [0.1, 0.15) is 6.73 Å². The fourth-order valence-electron chi connectivity index (χ4n) is 0.777. The van der Waals surface area contributed by atoms with Gasteiger partial charge in [-0.15, -0.1) is 0 Å². The number of ether oxygens (including phenoxy) is 2. The van der Waals surface area contributed by atoms with Gasteiger partial charge in [-0.1, -0.05) is 13.8 Å². The first-order valence-corrected chi connectivity index (χ1v) is 4.65. The number of rotatable bonds is 5. The van der Waals surface area contributed by atoms with Crippen molar-refractivity contribution in [1.82, 2.24) is 4.90 Å². The van der Waals surface area contributed by atoms with Crippen LogP contribution in [-0.2, 0) is 9.47 Å². The largest absolute Gasteiger partial charge is 0.509 e. The van der Waals surface area contributed by atoms with Crippen molar-refractivity contribution in [2.24, 2.45) is 0 Å². The zero-order valence-electron chi connectivity index (χ0n) is 8.87. The van der Waals surface area contributed by atoms with Crippen molar-refractivity contribution in [3.05, 3.63) is 0 Å². The highest BCUT2D eigenvalue weighted by atomic mass is 16.7. The van der Waals surface area contributed by atoms with Gasteiger partial charge in [-0.25, -0.2) is 4.79 Å². The first-order chi connectivity index (χ1) is 6.10. The summed E-state index contributed by atoms with van der Waals surface area (Å²) in [6.07, 6.45) is -0.717. The number of carbonyl (C=O) groups is 1. The van der Waals surface area contributed by atoms with Crippen molar-refractivity contribution in [2.45, 2.75) is 33.8 Å². The van der Waals surface area contributed by atoms with E-state index in [1.165, 1.54) is 0 Å². The molecule has 0 unspecified atom stereocenters. The molecule has 4 heteroatoms. The summed E-state index contributed by atoms with van der Waals surface area (Å²) in [5.41, 5.74) is 0. The summed E-state index contributed by atoms with van der Waals surface area (Å²) in [6, 6.07) is 0. The fraction of sp³-hybridized carbons (Fsp3) is 0.889. The molecule has 0 aromatic heterocycles. The third-order valence-electron chi connectivity index (χ3n) is 1.59. The van der Waals surface area contributed by atoms with E-state index >= 15 is 0 Å². The Hall–Kier alpha value is -0.770. The highest BCUT2D eigenvalue weighted by molar-refractivity contribution is 5.59. The van der Waals surface area contributed by atoms with E-state index in [0.717, 1.165) is 13.1 Å². The van der Waals surface area contributed by atoms with Crippen LogP contribution in [0, 0.1) is 0 Å². The SMILES string of the molecule is CCN(CC)COC(=O)OC(C)C. The van der Waals surface area contributed by atoms with E-state index < -0.39 is 6.16 Å². The van der Waals surface area contributed by atoms with E-state index in [1.54, 1.807) is 13.8 Å². The van der Waals surface area contributed by atoms with Gasteiger partial charge >= 0.3 is 6.16 Å². The molecule has 0 aromatic carbocycles. The summed E-state index contributed by atoms with van der Waals surface area (Å²) in [5.74, 6) is 0. The van der Waals surface area contributed by atoms with Crippen molar-refractivity contribution in [1.29, 1.82) is 0 Å². The van der Waals surface area contributed by atoms with Crippen molar-refractivity contribution in [2.75, 3.05) is 19.8 Å². The minimum absolute atomic E-state index is 0.121. The van der Waals surface area contributed by atoms with Gasteiger partial charge in [0.2, 0.25) is 0 Å². The molecule has 13 heavy (non-hydrogen) atoms. The number of nitrogens with zero attached hydrogens (tertiary/aromatic N) is 1. The van der Waals surface area contributed by atoms with Crippen molar-refractivity contribution in [3.8, 4) is 0 Å². The zero-order valence-corrected chi connectivity index (χ0v) is 8.87. The van der Waals surface area contributed by atoms with E-state index in [-0.39, 0.29) is 6.10 Å². The first-order valence-electron chi connectivity index (χ1n) is 4.65. The molecule has 0 N–H and O–H groups in total. The van der Waals surface area contributed by atoms with Crippen LogP contribution >= 0.6 is 0 Å². The van der Waals surface area contributed by atoms with Gasteiger partial charge in [0.25, 0.3) is 0 Å². The predicted octanol–water partition coefficient (Wildman–Crippen LogP) is 1.85. The minimum atomic E-state index is -0.595. The Kier molecular flexibility index (Phi) is 6.32. The van der Waals surface area contributed by atoms with E-state index in [9.17, 15) is 4.79 Å². The molecule has 0 rings (SSSR count). The average Bonchev–Trinajstić information content (AvgIpc) is 2.05. The molecule has 0 aliphatic heterocycles. The van der Waals surface area contributed by atoms with Crippen molar-refractivity contribution >= 4 is 6.16 Å². The molecule has 0 saturated heterocycles. The predicted molar refractivity (Wildman–Crippen MR) is 50.5 cm³/mol. The molecule has 0 radical (unpaired) electrons. The van der Waals surface area contributed by atoms with Crippen LogP contribution in [0.25, 0.3) is 0 Å². The van der Waals surface area contributed by atoms with E-state index in [0.29, 0.717) is 6.73 Å². The Morgan fingerprint density at radius 3 is 2.23 bits per heavy atom. The van der Waals surface area contributed by atoms with Crippen LogP contribution in [0.2, 0.25) is 0 Å². The Morgan fingerprint density at radius 1 is 1.31 bits per heavy atom. The first kappa shape index (κ1) is 12.2. The molecule has 0 heterocycles. The molecule has 78 valence electrons. The monoisotopic (exact) mass is 189 g/mol. The van der Waals surface area contributed by atoms with Crippen LogP contribution in [0.5, 0.6) is 0 Å². The maximum atomic E-state index is 10.9. The second kappa shape index (κ2) is 6.71. The highest BCUT2D eigenvalue weighted by Crippen LogP contribution is 1.94. The van der Waals surface area contributed by atoms with Crippen LogP contribution in [-0.4, -0.2) is 37.0 Å². The highest BCUT2D eigenvalue weighted by Gasteiger charge is 2.07. The number of hydrogen-bond donors (Lipinski definition) is 0. The smallest absolute Gasteiger partial charge is 0.432 e. The maximum Gasteiger partial charge on any atom is 0.509 e. The lowest BCUT2D eigenvalue weighted by Gasteiger charge is -2.17. The van der Waals surface area contributed by atoms with Gasteiger partial charge in [0.05, 0.1) is 6.10 Å². The average molecular weight is 189 g/mol. The molecule has 0 amide bonds. The summed E-state index contributed by atoms with van der Waals surface area (Å²) < 4.78 is 9.66. The molecule has 0 spiro atoms. The number of hydrogen-bond acceptors (Lipinski definition) is 4. The maximum absolute atomic E-state index is 10.9. The number of carbonyl (C=O) groups excluding carboxylic acids is 1. The lowest BCUT2D eigenvalue weighted by Crippen LogP contribution is -2.28. The summed E-state index contributed by atoms with van der Waals surface area (Å²) in [5, 5.41) is 0. The molecular weight excluding hydrogens is 170 g/mol. The molecule has 4 nitrogen and oxygen atoms in total. The van der Waals surface area contributed by atoms with Crippen molar-refractivity contribution < 1.29 is 14.3 Å². The van der Waals surface area contributed by atoms with E-state index in [4.69, 9.17) is 9.47 Å². The van der Waals surface area contributed by atoms with Gasteiger partial charge in [0, 0.05) is 0 Å². The van der Waals surface area contributed by atoms with Crippen LogP contribution in [0.3, 0.4) is 0 Å². The summed E-state index contributed by atoms with van der Waals surface area (Å²) in [7, 11) is 0. The second-order valence-corrected chi connectivity index (χ2v) is 2.99. The Labute approximate surface area is 79.8 Å². The fourth-order valence-corrected chi connectivity index (χ4v) is 0.777. The second-order valence-electron chi connectivity index (χ2n) is 2.99. The van der Waals surface area contributed by atoms with Gasteiger partial charge in [-0.3, -0.25) is 4.90 Å². The van der Waals surface area contributed by atoms with E-state index in [1.807, 2.05) is 18.7 Å². The summed E-state index contributed by atoms with van der Waals surface area (Å²) in [6.45, 7) is 9.65. The van der Waals surface area contributed by atoms with Gasteiger partial charge in [-0.05, 0) is 26.9 Å².